The lowest BCUT2D eigenvalue weighted by Gasteiger charge is -2.05. The number of hydrogen-bond donors (Lipinski definition) is 2. The molecule has 0 radical (unpaired) electrons. The Kier molecular flexibility index (Phi) is 4.34. The lowest BCUT2D eigenvalue weighted by atomic mass is 10.2. The number of rotatable bonds is 5. The van der Waals surface area contributed by atoms with E-state index in [4.69, 9.17) is 9.84 Å². The first-order valence-electron chi connectivity index (χ1n) is 7.61. The number of amides is 1. The van der Waals surface area contributed by atoms with Gasteiger partial charge in [-0.1, -0.05) is 13.8 Å². The van der Waals surface area contributed by atoms with Gasteiger partial charge in [-0.05, 0) is 30.3 Å². The molecular weight excluding hydrogens is 324 g/mol. The molecule has 0 aliphatic rings. The van der Waals surface area contributed by atoms with Crippen LogP contribution in [0.15, 0.2) is 42.6 Å². The minimum Gasteiger partial charge on any atom is -0.478 e. The van der Waals surface area contributed by atoms with Gasteiger partial charge in [-0.3, -0.25) is 10.1 Å². The molecule has 3 aromatic rings. The summed E-state index contributed by atoms with van der Waals surface area (Å²) in [6, 6.07) is 9.45. The zero-order valence-electron chi connectivity index (χ0n) is 13.6. The largest absolute Gasteiger partial charge is 0.478 e. The highest BCUT2D eigenvalue weighted by molar-refractivity contribution is 5.90. The summed E-state index contributed by atoms with van der Waals surface area (Å²) in [5.41, 5.74) is 0.699. The highest BCUT2D eigenvalue weighted by atomic mass is 16.5. The van der Waals surface area contributed by atoms with Crippen LogP contribution >= 0.6 is 0 Å². The minimum atomic E-state index is -0.993. The van der Waals surface area contributed by atoms with Crippen LogP contribution in [0, 0.1) is 5.92 Å². The Bertz CT molecular complexity index is 931. The third kappa shape index (κ3) is 3.74. The summed E-state index contributed by atoms with van der Waals surface area (Å²) >= 11 is 0. The molecule has 2 heterocycles. The molecule has 25 heavy (non-hydrogen) atoms. The lowest BCUT2D eigenvalue weighted by Crippen LogP contribution is -2.18. The van der Waals surface area contributed by atoms with Crippen LogP contribution in [-0.2, 0) is 4.79 Å². The number of anilines is 1. The van der Waals surface area contributed by atoms with Crippen LogP contribution in [-0.4, -0.2) is 31.6 Å². The fourth-order valence-corrected chi connectivity index (χ4v) is 2.04. The van der Waals surface area contributed by atoms with E-state index in [2.05, 4.69) is 15.4 Å². The Morgan fingerprint density at radius 1 is 1.16 bits per heavy atom. The maximum absolute atomic E-state index is 11.7. The van der Waals surface area contributed by atoms with E-state index in [1.165, 1.54) is 16.6 Å². The molecule has 1 aromatic carbocycles. The Morgan fingerprint density at radius 2 is 1.88 bits per heavy atom. The number of carboxylic acid groups (broad SMARTS) is 1. The van der Waals surface area contributed by atoms with Crippen molar-refractivity contribution < 1.29 is 19.4 Å². The second kappa shape index (κ2) is 6.60. The third-order valence-corrected chi connectivity index (χ3v) is 3.41. The van der Waals surface area contributed by atoms with Gasteiger partial charge in [0.05, 0.1) is 5.56 Å². The minimum absolute atomic E-state index is 0.161. The third-order valence-electron chi connectivity index (χ3n) is 3.41. The van der Waals surface area contributed by atoms with Gasteiger partial charge in [-0.25, -0.2) is 9.31 Å². The maximum atomic E-state index is 11.7. The van der Waals surface area contributed by atoms with Crippen molar-refractivity contribution in [1.29, 1.82) is 0 Å². The molecule has 2 N–H and O–H groups in total. The van der Waals surface area contributed by atoms with Gasteiger partial charge in [0, 0.05) is 18.2 Å². The molecule has 3 rings (SSSR count). The summed E-state index contributed by atoms with van der Waals surface area (Å²) in [6.45, 7) is 3.57. The van der Waals surface area contributed by atoms with Crippen LogP contribution in [0.4, 0.5) is 5.95 Å². The number of aromatic carboxylic acids is 1. The zero-order chi connectivity index (χ0) is 18.0. The molecule has 2 aromatic heterocycles. The van der Waals surface area contributed by atoms with Crippen molar-refractivity contribution in [3.05, 3.63) is 48.2 Å². The molecule has 1 amide bonds. The first-order chi connectivity index (χ1) is 11.9. The Labute approximate surface area is 143 Å². The molecule has 0 bridgehead atoms. The van der Waals surface area contributed by atoms with Gasteiger partial charge in [0.1, 0.15) is 11.5 Å². The topological polar surface area (TPSA) is 106 Å². The van der Waals surface area contributed by atoms with Gasteiger partial charge >= 0.3 is 5.97 Å². The van der Waals surface area contributed by atoms with Crippen LogP contribution < -0.4 is 10.1 Å². The molecule has 0 saturated carbocycles. The highest BCUT2D eigenvalue weighted by Gasteiger charge is 2.11. The molecule has 0 atom stereocenters. The van der Waals surface area contributed by atoms with E-state index in [9.17, 15) is 9.59 Å². The summed E-state index contributed by atoms with van der Waals surface area (Å²) in [5, 5.41) is 15.7. The van der Waals surface area contributed by atoms with Gasteiger partial charge < -0.3 is 9.84 Å². The Hall–Kier alpha value is -3.42. The van der Waals surface area contributed by atoms with E-state index in [-0.39, 0.29) is 23.3 Å². The number of ether oxygens (including phenoxy) is 1. The van der Waals surface area contributed by atoms with E-state index in [1.54, 1.807) is 44.3 Å². The average Bonchev–Trinajstić information content (AvgIpc) is 2.96. The van der Waals surface area contributed by atoms with Gasteiger partial charge in [-0.15, -0.1) is 5.10 Å². The fourth-order valence-electron chi connectivity index (χ4n) is 2.04. The molecule has 0 fully saturated rings. The predicted molar refractivity (Wildman–Crippen MR) is 89.9 cm³/mol. The number of fused-ring (bicyclic) bond motifs is 1. The molecular formula is C17H16N4O4. The smallest absolute Gasteiger partial charge is 0.335 e. The molecule has 0 spiro atoms. The average molecular weight is 340 g/mol. The van der Waals surface area contributed by atoms with Gasteiger partial charge in [0.15, 0.2) is 5.65 Å². The molecule has 128 valence electrons. The van der Waals surface area contributed by atoms with Crippen molar-refractivity contribution in [2.45, 2.75) is 13.8 Å². The van der Waals surface area contributed by atoms with Crippen LogP contribution in [0.25, 0.3) is 5.65 Å². The quantitative estimate of drug-likeness (QED) is 0.740. The molecule has 0 unspecified atom stereocenters. The number of pyridine rings is 1. The summed E-state index contributed by atoms with van der Waals surface area (Å²) in [4.78, 5) is 26.8. The van der Waals surface area contributed by atoms with E-state index in [1.807, 2.05) is 0 Å². The number of nitrogens with zero attached hydrogens (tertiary/aromatic N) is 3. The van der Waals surface area contributed by atoms with Gasteiger partial charge in [0.2, 0.25) is 11.9 Å². The van der Waals surface area contributed by atoms with E-state index < -0.39 is 5.97 Å². The lowest BCUT2D eigenvalue weighted by molar-refractivity contribution is -0.118. The SMILES string of the molecule is CC(C)C(=O)Nc1nc2cc(Oc3ccc(C(=O)O)cc3)ccn2n1. The zero-order valence-corrected chi connectivity index (χ0v) is 13.6. The van der Waals surface area contributed by atoms with Gasteiger partial charge in [0.25, 0.3) is 0 Å². The number of carbonyl (C=O) groups excluding carboxylic acids is 1. The van der Waals surface area contributed by atoms with Crippen molar-refractivity contribution in [2.75, 3.05) is 5.32 Å². The van der Waals surface area contributed by atoms with Gasteiger partial charge in [-0.2, -0.15) is 4.98 Å². The number of aromatic nitrogens is 3. The van der Waals surface area contributed by atoms with Crippen molar-refractivity contribution in [2.24, 2.45) is 5.92 Å². The molecule has 8 heteroatoms. The number of nitrogens with one attached hydrogen (secondary N) is 1. The van der Waals surface area contributed by atoms with Crippen molar-refractivity contribution in [3.63, 3.8) is 0 Å². The maximum Gasteiger partial charge on any atom is 0.335 e. The second-order valence-electron chi connectivity index (χ2n) is 5.68. The molecule has 8 nitrogen and oxygen atoms in total. The summed E-state index contributed by atoms with van der Waals surface area (Å²) < 4.78 is 7.21. The van der Waals surface area contributed by atoms with E-state index in [0.717, 1.165) is 0 Å². The first-order valence-corrected chi connectivity index (χ1v) is 7.61. The van der Waals surface area contributed by atoms with Crippen molar-refractivity contribution >= 4 is 23.5 Å². The Balaban J connectivity index is 1.78. The molecule has 0 saturated heterocycles. The van der Waals surface area contributed by atoms with Crippen molar-refractivity contribution in [1.82, 2.24) is 14.6 Å². The molecule has 0 aliphatic heterocycles. The number of carbonyl (C=O) groups is 2. The number of hydrogen-bond acceptors (Lipinski definition) is 5. The monoisotopic (exact) mass is 340 g/mol. The number of carboxylic acids is 1. The summed E-state index contributed by atoms with van der Waals surface area (Å²) in [7, 11) is 0. The molecule has 0 aliphatic carbocycles. The van der Waals surface area contributed by atoms with Crippen molar-refractivity contribution in [3.8, 4) is 11.5 Å². The Morgan fingerprint density at radius 3 is 2.52 bits per heavy atom. The normalized spacial score (nSPS) is 10.8. The first kappa shape index (κ1) is 16.4. The highest BCUT2D eigenvalue weighted by Crippen LogP contribution is 2.23. The summed E-state index contributed by atoms with van der Waals surface area (Å²) in [6.07, 6.45) is 1.66. The van der Waals surface area contributed by atoms with Crippen LogP contribution in [0.2, 0.25) is 0 Å². The van der Waals surface area contributed by atoms with Crippen LogP contribution in [0.1, 0.15) is 24.2 Å². The van der Waals surface area contributed by atoms with E-state index in [0.29, 0.717) is 17.1 Å². The summed E-state index contributed by atoms with van der Waals surface area (Å²) in [5.74, 6) is -0.0776. The van der Waals surface area contributed by atoms with Crippen LogP contribution in [0.3, 0.4) is 0 Å². The van der Waals surface area contributed by atoms with E-state index >= 15 is 0 Å². The number of benzene rings is 1. The predicted octanol–water partition coefficient (Wildman–Crippen LogP) is 2.81. The standard InChI is InChI=1S/C17H16N4O4/c1-10(2)15(22)19-17-18-14-9-13(7-8-21(14)20-17)25-12-5-3-11(4-6-12)16(23)24/h3-10H,1-2H3,(H,23,24)(H,19,20,22). The fraction of sp³-hybridized carbons (Fsp3) is 0.176. The second-order valence-corrected chi connectivity index (χ2v) is 5.68. The van der Waals surface area contributed by atoms with Crippen LogP contribution in [0.5, 0.6) is 11.5 Å².